The van der Waals surface area contributed by atoms with Crippen molar-refractivity contribution in [2.45, 2.75) is 30.5 Å². The van der Waals surface area contributed by atoms with Crippen LogP contribution in [0.25, 0.3) is 0 Å². The molecule has 11 nitrogen and oxygen atoms in total. The number of anilines is 2. The van der Waals surface area contributed by atoms with Crippen molar-refractivity contribution < 1.29 is 28.3 Å². The van der Waals surface area contributed by atoms with Gasteiger partial charge in [-0.1, -0.05) is 91.0 Å². The van der Waals surface area contributed by atoms with Gasteiger partial charge >= 0.3 is 5.69 Å². The summed E-state index contributed by atoms with van der Waals surface area (Å²) in [5.41, 5.74) is 2.14. The molecule has 5 aromatic carbocycles. The van der Waals surface area contributed by atoms with Crippen LogP contribution in [0.2, 0.25) is 0 Å². The Bertz CT molecular complexity index is 2320. The molecule has 0 aliphatic carbocycles. The van der Waals surface area contributed by atoms with Gasteiger partial charge in [0.05, 0.1) is 26.9 Å². The quantitative estimate of drug-likeness (QED) is 0.0776. The Hall–Kier alpha value is -5.62. The molecule has 4 atom stereocenters. The third kappa shape index (κ3) is 9.17. The maximum atomic E-state index is 13.6. The van der Waals surface area contributed by atoms with E-state index in [1.165, 1.54) is 4.57 Å². The van der Waals surface area contributed by atoms with Gasteiger partial charge < -0.3 is 33.9 Å². The predicted octanol–water partition coefficient (Wildman–Crippen LogP) is 8.25. The number of nitrogens with zero attached hydrogens (tertiary/aromatic N) is 2. The fourth-order valence-corrected chi connectivity index (χ4v) is 8.98. The summed E-state index contributed by atoms with van der Waals surface area (Å²) in [5, 5.41) is 6.11. The average Bonchev–Trinajstić information content (AvgIpc) is 3.63. The molecule has 57 heavy (non-hydrogen) atoms. The first-order valence-corrected chi connectivity index (χ1v) is 21.5. The van der Waals surface area contributed by atoms with E-state index < -0.39 is 36.1 Å². The number of aromatic nitrogens is 2. The van der Waals surface area contributed by atoms with Crippen LogP contribution in [-0.4, -0.2) is 55.2 Å². The van der Waals surface area contributed by atoms with E-state index >= 15 is 0 Å². The first-order valence-electron chi connectivity index (χ1n) is 18.4. The average molecular weight is 803 g/mol. The fraction of sp³-hybridized carbons (Fsp3) is 0.205. The van der Waals surface area contributed by atoms with E-state index in [1.54, 1.807) is 50.7 Å². The van der Waals surface area contributed by atoms with E-state index in [2.05, 4.69) is 15.4 Å². The van der Waals surface area contributed by atoms with Crippen LogP contribution in [0.5, 0.6) is 11.5 Å². The number of hydrogen-bond acceptors (Lipinski definition) is 9. The van der Waals surface area contributed by atoms with Crippen LogP contribution >= 0.6 is 6.42 Å². The van der Waals surface area contributed by atoms with Gasteiger partial charge in [0.25, 0.3) is 5.91 Å². The second-order valence-corrected chi connectivity index (χ2v) is 17.7. The van der Waals surface area contributed by atoms with Crippen LogP contribution in [0.1, 0.15) is 39.7 Å². The lowest BCUT2D eigenvalue weighted by atomic mass is 9.80. The lowest BCUT2D eigenvalue weighted by Crippen LogP contribution is -2.38. The Labute approximate surface area is 336 Å². The second-order valence-electron chi connectivity index (χ2n) is 13.5. The van der Waals surface area contributed by atoms with E-state index in [0.717, 1.165) is 22.4 Å². The van der Waals surface area contributed by atoms with E-state index in [9.17, 15) is 9.59 Å². The Morgan fingerprint density at radius 2 is 1.35 bits per heavy atom. The molecule has 1 aliphatic rings. The molecule has 6 aromatic rings. The van der Waals surface area contributed by atoms with Crippen molar-refractivity contribution in [3.05, 3.63) is 185 Å². The highest BCUT2D eigenvalue weighted by molar-refractivity contribution is 8.12. The molecule has 1 aliphatic heterocycles. The third-order valence-corrected chi connectivity index (χ3v) is 11.5. The highest BCUT2D eigenvalue weighted by Gasteiger charge is 2.44. The van der Waals surface area contributed by atoms with E-state index in [4.69, 9.17) is 35.3 Å². The lowest BCUT2D eigenvalue weighted by Gasteiger charge is -2.37. The molecule has 7 rings (SSSR count). The fourth-order valence-electron chi connectivity index (χ4n) is 6.92. The zero-order chi connectivity index (χ0) is 39.8. The number of hydrogen-bond donors (Lipinski definition) is 2. The summed E-state index contributed by atoms with van der Waals surface area (Å²) in [6.45, 7) is 1.92. The summed E-state index contributed by atoms with van der Waals surface area (Å²) in [4.78, 5) is 30.5. The summed E-state index contributed by atoms with van der Waals surface area (Å²) < 4.78 is 33.1. The van der Waals surface area contributed by atoms with Gasteiger partial charge in [-0.3, -0.25) is 9.36 Å². The highest BCUT2D eigenvalue weighted by Crippen LogP contribution is 2.49. The molecule has 1 saturated heterocycles. The van der Waals surface area contributed by atoms with Gasteiger partial charge in [-0.15, -0.1) is 0 Å². The molecule has 0 unspecified atom stereocenters. The first kappa shape index (κ1) is 39.6. The van der Waals surface area contributed by atoms with Crippen molar-refractivity contribution in [2.75, 3.05) is 37.9 Å². The van der Waals surface area contributed by atoms with Crippen LogP contribution < -0.4 is 25.6 Å². The molecule has 1 aromatic heterocycles. The van der Waals surface area contributed by atoms with Crippen LogP contribution in [0.15, 0.2) is 157 Å². The molecule has 0 bridgehead atoms. The molecule has 2 heterocycles. The molecular weight excluding hydrogens is 760 g/mol. The Balaban J connectivity index is 1.23. The summed E-state index contributed by atoms with van der Waals surface area (Å²) in [6.07, 6.45) is -2.88. The van der Waals surface area contributed by atoms with Crippen molar-refractivity contribution in [1.29, 1.82) is 0 Å². The van der Waals surface area contributed by atoms with Crippen molar-refractivity contribution in [3.63, 3.8) is 0 Å². The molecule has 13 heteroatoms. The van der Waals surface area contributed by atoms with Gasteiger partial charge in [-0.2, -0.15) is 4.98 Å². The summed E-state index contributed by atoms with van der Waals surface area (Å²) in [6, 6.07) is 45.5. The number of carbonyl (C=O) groups excluding carboxylic acids is 1. The van der Waals surface area contributed by atoms with Crippen molar-refractivity contribution in [3.8, 4) is 11.5 Å². The minimum absolute atomic E-state index is 0.0438. The van der Waals surface area contributed by atoms with Gasteiger partial charge in [0.15, 0.2) is 6.42 Å². The standard InChI is InChI=1S/C44H43N4O7PS/c1-51-36-23-19-33(20-24-36)44(32-15-9-5-10-16-32,34-21-25-37(52-2)26-22-34)53-30-39-38(55-56(3,57)47-35-17-11-6-12-18-35)29-41(54-39)48-28-27-40(46-43(48)50)45-42(49)31-13-7-4-8-14-31/h4-28,38-39,41H,29-30H2,1-3H3,(H,47,57)(H,45,46,49,50)/t38-,39+,41+,56+/m0/s1. The van der Waals surface area contributed by atoms with Gasteiger partial charge in [0.1, 0.15) is 35.2 Å². The van der Waals surface area contributed by atoms with E-state index in [1.807, 2.05) is 122 Å². The summed E-state index contributed by atoms with van der Waals surface area (Å²) in [5.74, 6) is 1.15. The number of carbonyl (C=O) groups is 1. The Morgan fingerprint density at radius 1 is 0.807 bits per heavy atom. The maximum Gasteiger partial charge on any atom is 0.351 e. The maximum absolute atomic E-state index is 13.6. The van der Waals surface area contributed by atoms with Crippen LogP contribution in [0.3, 0.4) is 0 Å². The Morgan fingerprint density at radius 3 is 1.91 bits per heavy atom. The molecule has 0 saturated carbocycles. The number of methoxy groups -OCH3 is 2. The van der Waals surface area contributed by atoms with Gasteiger partial charge in [0, 0.05) is 30.5 Å². The topological polar surface area (TPSA) is 122 Å². The minimum Gasteiger partial charge on any atom is -0.497 e. The molecule has 0 spiro atoms. The largest absolute Gasteiger partial charge is 0.497 e. The van der Waals surface area contributed by atoms with Crippen molar-refractivity contribution >= 4 is 35.6 Å². The van der Waals surface area contributed by atoms with Crippen molar-refractivity contribution in [2.24, 2.45) is 0 Å². The monoisotopic (exact) mass is 802 g/mol. The molecule has 2 N–H and O–H groups in total. The Kier molecular flexibility index (Phi) is 12.3. The SMILES string of the molecule is COc1ccc(C(OC[C@H]2O[C@@H](n3ccc(NC(=O)c4ccccc4)nc3=O)C[C@@H]2O[P@](C)(=S)Nc2ccccc2)(c2ccccc2)c2ccc(OC)cc2)cc1. The number of nitrogens with one attached hydrogen (secondary N) is 2. The molecule has 1 amide bonds. The minimum atomic E-state index is -2.67. The second kappa shape index (κ2) is 17.7. The normalized spacial score (nSPS) is 17.6. The summed E-state index contributed by atoms with van der Waals surface area (Å²) >= 11 is 6.06. The first-order chi connectivity index (χ1) is 27.7. The number of benzene rings is 5. The zero-order valence-corrected chi connectivity index (χ0v) is 33.4. The van der Waals surface area contributed by atoms with Crippen molar-refractivity contribution in [1.82, 2.24) is 9.55 Å². The molecule has 1 fully saturated rings. The molecular formula is C44H43N4O7PS. The van der Waals surface area contributed by atoms with E-state index in [-0.39, 0.29) is 24.8 Å². The van der Waals surface area contributed by atoms with E-state index in [0.29, 0.717) is 17.1 Å². The van der Waals surface area contributed by atoms with Gasteiger partial charge in [-0.05, 0) is 83.1 Å². The third-order valence-electron chi connectivity index (χ3n) is 9.68. The molecule has 0 radical (unpaired) electrons. The predicted molar refractivity (Wildman–Crippen MR) is 225 cm³/mol. The lowest BCUT2D eigenvalue weighted by molar-refractivity contribution is -0.0908. The smallest absolute Gasteiger partial charge is 0.351 e. The number of amides is 1. The highest BCUT2D eigenvalue weighted by atomic mass is 32.4. The number of para-hydroxylation sites is 1. The summed E-state index contributed by atoms with van der Waals surface area (Å²) in [7, 11) is 3.26. The van der Waals surface area contributed by atoms with Gasteiger partial charge in [-0.25, -0.2) is 4.79 Å². The number of ether oxygens (including phenoxy) is 4. The molecule has 292 valence electrons. The van der Waals surface area contributed by atoms with Gasteiger partial charge in [0.2, 0.25) is 0 Å². The zero-order valence-electron chi connectivity index (χ0n) is 31.7. The van der Waals surface area contributed by atoms with Crippen LogP contribution in [0.4, 0.5) is 11.5 Å². The van der Waals surface area contributed by atoms with Crippen LogP contribution in [0, 0.1) is 0 Å². The van der Waals surface area contributed by atoms with Crippen LogP contribution in [-0.2, 0) is 31.4 Å². The number of rotatable bonds is 15.